The Morgan fingerprint density at radius 1 is 1.25 bits per heavy atom. The maximum atomic E-state index is 11.7. The van der Waals surface area contributed by atoms with Gasteiger partial charge < -0.3 is 5.32 Å². The maximum Gasteiger partial charge on any atom is 0.414 e. The van der Waals surface area contributed by atoms with E-state index in [-0.39, 0.29) is 6.04 Å². The van der Waals surface area contributed by atoms with Crippen molar-refractivity contribution in [3.8, 4) is 0 Å². The van der Waals surface area contributed by atoms with Crippen LogP contribution in [-0.2, 0) is 4.84 Å². The number of amides is 2. The normalized spacial score (nSPS) is 18.2. The van der Waals surface area contributed by atoms with Gasteiger partial charge >= 0.3 is 12.2 Å². The minimum absolute atomic E-state index is 0.0447. The van der Waals surface area contributed by atoms with Gasteiger partial charge in [-0.25, -0.2) is 10.3 Å². The van der Waals surface area contributed by atoms with E-state index in [1.807, 2.05) is 0 Å². The van der Waals surface area contributed by atoms with Crippen LogP contribution in [0.25, 0.3) is 0 Å². The van der Waals surface area contributed by atoms with Gasteiger partial charge in [0, 0.05) is 6.04 Å². The lowest BCUT2D eigenvalue weighted by molar-refractivity contribution is -0.184. The highest BCUT2D eigenvalue weighted by Gasteiger charge is 2.28. The highest BCUT2D eigenvalue weighted by atomic mass is 19.4. The molecule has 0 heterocycles. The second kappa shape index (κ2) is 5.93. The van der Waals surface area contributed by atoms with Crippen molar-refractivity contribution in [2.75, 3.05) is 6.61 Å². The molecule has 4 nitrogen and oxygen atoms in total. The van der Waals surface area contributed by atoms with Crippen LogP contribution in [-0.4, -0.2) is 24.9 Å². The van der Waals surface area contributed by atoms with Gasteiger partial charge in [-0.15, -0.1) is 0 Å². The number of hydrogen-bond acceptors (Lipinski definition) is 2. The number of nitrogens with one attached hydrogen (secondary N) is 2. The fourth-order valence-electron chi connectivity index (χ4n) is 1.65. The molecule has 0 aromatic heterocycles. The number of hydrogen-bond donors (Lipinski definition) is 2. The van der Waals surface area contributed by atoms with Crippen molar-refractivity contribution >= 4 is 6.03 Å². The zero-order valence-electron chi connectivity index (χ0n) is 8.77. The Bertz CT molecular complexity index is 227. The Morgan fingerprint density at radius 2 is 1.88 bits per heavy atom. The quantitative estimate of drug-likeness (QED) is 0.742. The van der Waals surface area contributed by atoms with Crippen LogP contribution >= 0.6 is 0 Å². The maximum absolute atomic E-state index is 11.7. The summed E-state index contributed by atoms with van der Waals surface area (Å²) in [5.74, 6) is 0. The van der Waals surface area contributed by atoms with Crippen LogP contribution in [0.2, 0.25) is 0 Å². The van der Waals surface area contributed by atoms with Crippen molar-refractivity contribution < 1.29 is 22.8 Å². The number of urea groups is 1. The number of alkyl halides is 3. The topological polar surface area (TPSA) is 50.4 Å². The highest BCUT2D eigenvalue weighted by Crippen LogP contribution is 2.17. The molecule has 94 valence electrons. The highest BCUT2D eigenvalue weighted by molar-refractivity contribution is 5.73. The molecule has 1 aliphatic rings. The van der Waals surface area contributed by atoms with Gasteiger partial charge in [-0.1, -0.05) is 19.3 Å². The molecular formula is C9H15F3N2O2. The van der Waals surface area contributed by atoms with Crippen molar-refractivity contribution in [3.63, 3.8) is 0 Å². The first-order valence-electron chi connectivity index (χ1n) is 5.22. The van der Waals surface area contributed by atoms with Crippen LogP contribution in [0.5, 0.6) is 0 Å². The van der Waals surface area contributed by atoms with Gasteiger partial charge in [0.25, 0.3) is 0 Å². The van der Waals surface area contributed by atoms with Crippen LogP contribution in [0.3, 0.4) is 0 Å². The minimum atomic E-state index is -4.43. The lowest BCUT2D eigenvalue weighted by atomic mass is 9.96. The van der Waals surface area contributed by atoms with Crippen LogP contribution < -0.4 is 10.8 Å². The molecule has 1 aliphatic carbocycles. The predicted molar refractivity (Wildman–Crippen MR) is 50.5 cm³/mol. The fraction of sp³-hybridized carbons (Fsp3) is 0.889. The zero-order chi connectivity index (χ0) is 12.0. The van der Waals surface area contributed by atoms with Crippen LogP contribution in [0, 0.1) is 0 Å². The molecule has 16 heavy (non-hydrogen) atoms. The van der Waals surface area contributed by atoms with Gasteiger partial charge in [0.2, 0.25) is 0 Å². The molecule has 1 rings (SSSR count). The molecule has 0 unspecified atom stereocenters. The molecule has 7 heteroatoms. The van der Waals surface area contributed by atoms with Gasteiger partial charge in [0.1, 0.15) is 0 Å². The monoisotopic (exact) mass is 240 g/mol. The summed E-state index contributed by atoms with van der Waals surface area (Å²) >= 11 is 0. The molecule has 1 fully saturated rings. The number of halogens is 3. The van der Waals surface area contributed by atoms with E-state index in [0.717, 1.165) is 32.1 Å². The molecule has 0 saturated heterocycles. The van der Waals surface area contributed by atoms with E-state index in [4.69, 9.17) is 0 Å². The van der Waals surface area contributed by atoms with Crippen molar-refractivity contribution in [1.29, 1.82) is 0 Å². The smallest absolute Gasteiger partial charge is 0.334 e. The molecule has 0 aromatic rings. The van der Waals surface area contributed by atoms with Gasteiger partial charge in [-0.2, -0.15) is 13.2 Å². The lowest BCUT2D eigenvalue weighted by Crippen LogP contribution is -2.43. The first kappa shape index (κ1) is 13.1. The second-order valence-electron chi connectivity index (χ2n) is 3.81. The van der Waals surface area contributed by atoms with Crippen LogP contribution in [0.4, 0.5) is 18.0 Å². The average molecular weight is 240 g/mol. The summed E-state index contributed by atoms with van der Waals surface area (Å²) in [6.07, 6.45) is 0.518. The lowest BCUT2D eigenvalue weighted by Gasteiger charge is -2.22. The third-order valence-corrected chi connectivity index (χ3v) is 2.34. The molecule has 0 bridgehead atoms. The first-order valence-corrected chi connectivity index (χ1v) is 5.22. The fourth-order valence-corrected chi connectivity index (χ4v) is 1.65. The molecule has 1 saturated carbocycles. The third-order valence-electron chi connectivity index (χ3n) is 2.34. The molecule has 0 aromatic carbocycles. The largest absolute Gasteiger partial charge is 0.414 e. The molecule has 2 amide bonds. The van der Waals surface area contributed by atoms with Crippen LogP contribution in [0.15, 0.2) is 0 Å². The summed E-state index contributed by atoms with van der Waals surface area (Å²) < 4.78 is 35.0. The van der Waals surface area contributed by atoms with E-state index >= 15 is 0 Å². The van der Waals surface area contributed by atoms with E-state index in [1.165, 1.54) is 0 Å². The van der Waals surface area contributed by atoms with Gasteiger partial charge in [0.05, 0.1) is 0 Å². The SMILES string of the molecule is O=C(NOCC(F)(F)F)NC1CCCCC1. The molecule has 0 spiro atoms. The molecular weight excluding hydrogens is 225 g/mol. The number of hydroxylamine groups is 1. The Hall–Kier alpha value is -0.980. The van der Waals surface area contributed by atoms with E-state index in [1.54, 1.807) is 5.48 Å². The summed E-state index contributed by atoms with van der Waals surface area (Å²) in [6.45, 7) is -1.48. The van der Waals surface area contributed by atoms with E-state index in [2.05, 4.69) is 10.2 Å². The van der Waals surface area contributed by atoms with Crippen molar-refractivity contribution in [1.82, 2.24) is 10.8 Å². The van der Waals surface area contributed by atoms with Crippen molar-refractivity contribution in [3.05, 3.63) is 0 Å². The summed E-state index contributed by atoms with van der Waals surface area (Å²) in [4.78, 5) is 15.1. The minimum Gasteiger partial charge on any atom is -0.334 e. The Kier molecular flexibility index (Phi) is 4.85. The van der Waals surface area contributed by atoms with Gasteiger partial charge in [0.15, 0.2) is 6.61 Å². The summed E-state index contributed by atoms with van der Waals surface area (Å²) in [5, 5.41) is 2.56. The zero-order valence-corrected chi connectivity index (χ0v) is 8.77. The molecule has 0 atom stereocenters. The summed E-state index contributed by atoms with van der Waals surface area (Å²) in [7, 11) is 0. The van der Waals surface area contributed by atoms with Gasteiger partial charge in [-0.05, 0) is 12.8 Å². The second-order valence-corrected chi connectivity index (χ2v) is 3.81. The van der Waals surface area contributed by atoms with Crippen LogP contribution in [0.1, 0.15) is 32.1 Å². The number of carbonyl (C=O) groups excluding carboxylic acids is 1. The number of carbonyl (C=O) groups is 1. The number of rotatable bonds is 3. The van der Waals surface area contributed by atoms with E-state index in [0.29, 0.717) is 0 Å². The Morgan fingerprint density at radius 3 is 2.44 bits per heavy atom. The first-order chi connectivity index (χ1) is 7.47. The summed E-state index contributed by atoms with van der Waals surface area (Å²) in [5.41, 5.74) is 1.72. The van der Waals surface area contributed by atoms with Gasteiger partial charge in [-0.3, -0.25) is 4.84 Å². The summed E-state index contributed by atoms with van der Waals surface area (Å²) in [6, 6.07) is -0.667. The van der Waals surface area contributed by atoms with Crippen molar-refractivity contribution in [2.24, 2.45) is 0 Å². The van der Waals surface area contributed by atoms with E-state index in [9.17, 15) is 18.0 Å². The third kappa shape index (κ3) is 5.79. The Labute approximate surface area is 91.5 Å². The molecule has 0 aliphatic heterocycles. The Balaban J connectivity index is 2.10. The standard InChI is InChI=1S/C9H15F3N2O2/c10-9(11,12)6-16-14-8(15)13-7-4-2-1-3-5-7/h7H,1-6H2,(H2,13,14,15). The average Bonchev–Trinajstić information content (AvgIpc) is 2.17. The molecule has 0 radical (unpaired) electrons. The van der Waals surface area contributed by atoms with Crippen molar-refractivity contribution in [2.45, 2.75) is 44.3 Å². The van der Waals surface area contributed by atoms with E-state index < -0.39 is 18.8 Å². The molecule has 2 N–H and O–H groups in total. The predicted octanol–water partition coefficient (Wildman–Crippen LogP) is 2.11.